The van der Waals surface area contributed by atoms with Gasteiger partial charge in [0.05, 0.1) is 6.04 Å². The molecule has 0 aromatic carbocycles. The van der Waals surface area contributed by atoms with E-state index in [9.17, 15) is 4.79 Å². The standard InChI is InChI=1S/C12H19N3O/c1-3-5-11(13)12(16)15(4-2)10-6-8-14-9-7-10/h6-9,11H,3-5,13H2,1-2H3/t11-/m0/s1. The van der Waals surface area contributed by atoms with Crippen LogP contribution in [0.15, 0.2) is 24.5 Å². The van der Waals surface area contributed by atoms with Crippen LogP contribution in [0.3, 0.4) is 0 Å². The molecule has 0 saturated carbocycles. The number of amides is 1. The fourth-order valence-corrected chi connectivity index (χ4v) is 1.62. The minimum atomic E-state index is -0.405. The third-order valence-electron chi connectivity index (χ3n) is 2.47. The Hall–Kier alpha value is -1.42. The molecule has 1 aromatic rings. The lowest BCUT2D eigenvalue weighted by Crippen LogP contribution is -2.43. The Morgan fingerprint density at radius 3 is 2.56 bits per heavy atom. The number of anilines is 1. The van der Waals surface area contributed by atoms with Gasteiger partial charge in [-0.15, -0.1) is 0 Å². The van der Waals surface area contributed by atoms with Gasteiger partial charge in [0.1, 0.15) is 0 Å². The molecule has 1 atom stereocenters. The van der Waals surface area contributed by atoms with Gasteiger partial charge in [0.15, 0.2) is 0 Å². The maximum Gasteiger partial charge on any atom is 0.243 e. The van der Waals surface area contributed by atoms with Crippen LogP contribution in [0, 0.1) is 0 Å². The van der Waals surface area contributed by atoms with Crippen molar-refractivity contribution in [2.45, 2.75) is 32.7 Å². The Morgan fingerprint density at radius 2 is 2.06 bits per heavy atom. The largest absolute Gasteiger partial charge is 0.320 e. The van der Waals surface area contributed by atoms with Gasteiger partial charge >= 0.3 is 0 Å². The highest BCUT2D eigenvalue weighted by Crippen LogP contribution is 2.13. The molecule has 0 aliphatic rings. The van der Waals surface area contributed by atoms with E-state index in [4.69, 9.17) is 5.73 Å². The molecule has 0 unspecified atom stereocenters. The summed E-state index contributed by atoms with van der Waals surface area (Å²) < 4.78 is 0. The van der Waals surface area contributed by atoms with Crippen molar-refractivity contribution in [3.05, 3.63) is 24.5 Å². The van der Waals surface area contributed by atoms with E-state index in [1.807, 2.05) is 26.0 Å². The van der Waals surface area contributed by atoms with Gasteiger partial charge in [-0.05, 0) is 25.5 Å². The zero-order valence-electron chi connectivity index (χ0n) is 9.89. The molecular formula is C12H19N3O. The number of nitrogens with two attached hydrogens (primary N) is 1. The fraction of sp³-hybridized carbons (Fsp3) is 0.500. The normalized spacial score (nSPS) is 12.2. The Kier molecular flexibility index (Phi) is 4.92. The minimum Gasteiger partial charge on any atom is -0.320 e. The van der Waals surface area contributed by atoms with E-state index in [2.05, 4.69) is 4.98 Å². The van der Waals surface area contributed by atoms with Crippen molar-refractivity contribution in [1.82, 2.24) is 4.98 Å². The van der Waals surface area contributed by atoms with Crippen LogP contribution in [0.4, 0.5) is 5.69 Å². The van der Waals surface area contributed by atoms with E-state index >= 15 is 0 Å². The summed E-state index contributed by atoms with van der Waals surface area (Å²) in [4.78, 5) is 17.7. The molecule has 4 nitrogen and oxygen atoms in total. The molecular weight excluding hydrogens is 202 g/mol. The van der Waals surface area contributed by atoms with Crippen molar-refractivity contribution in [2.75, 3.05) is 11.4 Å². The smallest absolute Gasteiger partial charge is 0.243 e. The number of pyridine rings is 1. The van der Waals surface area contributed by atoms with Gasteiger partial charge in [-0.25, -0.2) is 0 Å². The van der Waals surface area contributed by atoms with Crippen molar-refractivity contribution < 1.29 is 4.79 Å². The van der Waals surface area contributed by atoms with Crippen LogP contribution >= 0.6 is 0 Å². The van der Waals surface area contributed by atoms with Gasteiger partial charge < -0.3 is 10.6 Å². The zero-order chi connectivity index (χ0) is 12.0. The second-order valence-electron chi connectivity index (χ2n) is 3.68. The molecule has 1 amide bonds. The molecule has 0 aliphatic heterocycles. The van der Waals surface area contributed by atoms with E-state index in [0.717, 1.165) is 18.5 Å². The van der Waals surface area contributed by atoms with Crippen molar-refractivity contribution in [1.29, 1.82) is 0 Å². The highest BCUT2D eigenvalue weighted by molar-refractivity contribution is 5.96. The van der Waals surface area contributed by atoms with Crippen LogP contribution < -0.4 is 10.6 Å². The van der Waals surface area contributed by atoms with E-state index < -0.39 is 6.04 Å². The lowest BCUT2D eigenvalue weighted by atomic mass is 10.1. The summed E-state index contributed by atoms with van der Waals surface area (Å²) in [6, 6.07) is 3.23. The number of hydrogen-bond donors (Lipinski definition) is 1. The fourth-order valence-electron chi connectivity index (χ4n) is 1.62. The molecule has 0 saturated heterocycles. The van der Waals surface area contributed by atoms with Gasteiger partial charge in [-0.2, -0.15) is 0 Å². The summed E-state index contributed by atoms with van der Waals surface area (Å²) in [5, 5.41) is 0. The second-order valence-corrected chi connectivity index (χ2v) is 3.68. The van der Waals surface area contributed by atoms with Crippen LogP contribution in [0.5, 0.6) is 0 Å². The molecule has 1 rings (SSSR count). The minimum absolute atomic E-state index is 0.0180. The van der Waals surface area contributed by atoms with E-state index in [0.29, 0.717) is 6.54 Å². The van der Waals surface area contributed by atoms with Crippen molar-refractivity contribution in [3.8, 4) is 0 Å². The second kappa shape index (κ2) is 6.23. The van der Waals surface area contributed by atoms with Crippen molar-refractivity contribution >= 4 is 11.6 Å². The number of rotatable bonds is 5. The monoisotopic (exact) mass is 221 g/mol. The summed E-state index contributed by atoms with van der Waals surface area (Å²) in [5.74, 6) is -0.0180. The maximum absolute atomic E-state index is 12.0. The summed E-state index contributed by atoms with van der Waals surface area (Å²) in [5.41, 5.74) is 6.69. The number of likely N-dealkylation sites (N-methyl/N-ethyl adjacent to an activating group) is 1. The van der Waals surface area contributed by atoms with Gasteiger partial charge in [-0.3, -0.25) is 9.78 Å². The molecule has 1 heterocycles. The van der Waals surface area contributed by atoms with Crippen LogP contribution in [-0.2, 0) is 4.79 Å². The third-order valence-corrected chi connectivity index (χ3v) is 2.47. The molecule has 4 heteroatoms. The first-order chi connectivity index (χ1) is 7.70. The summed E-state index contributed by atoms with van der Waals surface area (Å²) in [6.45, 7) is 4.59. The summed E-state index contributed by atoms with van der Waals surface area (Å²) in [6.07, 6.45) is 4.99. The van der Waals surface area contributed by atoms with E-state index in [1.54, 1.807) is 17.3 Å². The first-order valence-corrected chi connectivity index (χ1v) is 5.67. The van der Waals surface area contributed by atoms with Crippen molar-refractivity contribution in [3.63, 3.8) is 0 Å². The lowest BCUT2D eigenvalue weighted by molar-refractivity contribution is -0.119. The number of nitrogens with zero attached hydrogens (tertiary/aromatic N) is 2. The molecule has 16 heavy (non-hydrogen) atoms. The molecule has 0 spiro atoms. The van der Waals surface area contributed by atoms with Gasteiger partial charge in [0.2, 0.25) is 5.91 Å². The first-order valence-electron chi connectivity index (χ1n) is 5.67. The van der Waals surface area contributed by atoms with Gasteiger partial charge in [0, 0.05) is 24.6 Å². The zero-order valence-corrected chi connectivity index (χ0v) is 9.89. The highest BCUT2D eigenvalue weighted by Gasteiger charge is 2.20. The molecule has 0 bridgehead atoms. The quantitative estimate of drug-likeness (QED) is 0.821. The topological polar surface area (TPSA) is 59.2 Å². The Morgan fingerprint density at radius 1 is 1.44 bits per heavy atom. The Labute approximate surface area is 96.5 Å². The lowest BCUT2D eigenvalue weighted by Gasteiger charge is -2.24. The molecule has 0 radical (unpaired) electrons. The van der Waals surface area contributed by atoms with Crippen LogP contribution in [0.25, 0.3) is 0 Å². The summed E-state index contributed by atoms with van der Waals surface area (Å²) in [7, 11) is 0. The van der Waals surface area contributed by atoms with Crippen molar-refractivity contribution in [2.24, 2.45) is 5.73 Å². The molecule has 88 valence electrons. The SMILES string of the molecule is CCC[C@H](N)C(=O)N(CC)c1ccncc1. The van der Waals surface area contributed by atoms with E-state index in [1.165, 1.54) is 0 Å². The van der Waals surface area contributed by atoms with Gasteiger partial charge in [-0.1, -0.05) is 13.3 Å². The van der Waals surface area contributed by atoms with Crippen LogP contribution in [-0.4, -0.2) is 23.5 Å². The molecule has 2 N–H and O–H groups in total. The third kappa shape index (κ3) is 3.03. The molecule has 0 fully saturated rings. The number of hydrogen-bond acceptors (Lipinski definition) is 3. The van der Waals surface area contributed by atoms with Gasteiger partial charge in [0.25, 0.3) is 0 Å². The molecule has 0 aliphatic carbocycles. The Balaban J connectivity index is 2.79. The van der Waals surface area contributed by atoms with E-state index in [-0.39, 0.29) is 5.91 Å². The average molecular weight is 221 g/mol. The number of aromatic nitrogens is 1. The van der Waals surface area contributed by atoms with Crippen LogP contribution in [0.1, 0.15) is 26.7 Å². The highest BCUT2D eigenvalue weighted by atomic mass is 16.2. The van der Waals surface area contributed by atoms with Crippen LogP contribution in [0.2, 0.25) is 0 Å². The molecule has 1 aromatic heterocycles. The summed E-state index contributed by atoms with van der Waals surface area (Å²) >= 11 is 0. The average Bonchev–Trinajstić information content (AvgIpc) is 2.31. The maximum atomic E-state index is 12.0. The predicted molar refractivity (Wildman–Crippen MR) is 65.1 cm³/mol. The number of carbonyl (C=O) groups is 1. The number of carbonyl (C=O) groups excluding carboxylic acids is 1. The first kappa shape index (κ1) is 12.6. The Bertz CT molecular complexity index is 326. The predicted octanol–water partition coefficient (Wildman–Crippen LogP) is 1.56.